The van der Waals surface area contributed by atoms with E-state index >= 15 is 0 Å². The van der Waals surface area contributed by atoms with Gasteiger partial charge < -0.3 is 0 Å². The van der Waals surface area contributed by atoms with Gasteiger partial charge in [-0.3, -0.25) is 0 Å². The number of benzene rings is 2. The largest absolute Gasteiger partial charge is 0.0619 e. The van der Waals surface area contributed by atoms with Gasteiger partial charge in [0.05, 0.1) is 0 Å². The van der Waals surface area contributed by atoms with E-state index < -0.39 is 0 Å². The van der Waals surface area contributed by atoms with Crippen molar-refractivity contribution >= 4 is 15.9 Å². The van der Waals surface area contributed by atoms with Gasteiger partial charge >= 0.3 is 0 Å². The third-order valence-electron chi connectivity index (χ3n) is 5.12. The van der Waals surface area contributed by atoms with Crippen LogP contribution in [0, 0.1) is 0 Å². The molecule has 0 amide bonds. The average molecular weight is 315 g/mol. The van der Waals surface area contributed by atoms with Gasteiger partial charge in [-0.25, -0.2) is 0 Å². The topological polar surface area (TPSA) is 0 Å². The Hall–Kier alpha value is -1.08. The van der Waals surface area contributed by atoms with Crippen LogP contribution in [0.1, 0.15) is 38.8 Å². The standard InChI is InChI=1S/C18H19Br/c1-17(2)13-9-6-5-8-12(13)16-14(18(17,3)4)10-7-11-15(16)19/h5-11H,1-4H3. The molecule has 0 saturated heterocycles. The molecule has 1 heteroatoms. The maximum absolute atomic E-state index is 3.74. The zero-order chi connectivity index (χ0) is 13.8. The second-order valence-corrected chi connectivity index (χ2v) is 7.31. The molecule has 0 aliphatic heterocycles. The quantitative estimate of drug-likeness (QED) is 0.586. The van der Waals surface area contributed by atoms with Crippen molar-refractivity contribution in [2.75, 3.05) is 0 Å². The lowest BCUT2D eigenvalue weighted by Crippen LogP contribution is -2.43. The van der Waals surface area contributed by atoms with Gasteiger partial charge in [0.1, 0.15) is 0 Å². The number of halogens is 1. The Labute approximate surface area is 124 Å². The van der Waals surface area contributed by atoms with Crippen LogP contribution in [0.15, 0.2) is 46.9 Å². The number of rotatable bonds is 0. The molecule has 0 radical (unpaired) electrons. The Morgan fingerprint density at radius 2 is 1.32 bits per heavy atom. The number of fused-ring (bicyclic) bond motifs is 3. The van der Waals surface area contributed by atoms with E-state index in [1.54, 1.807) is 0 Å². The molecular formula is C18H19Br. The zero-order valence-electron chi connectivity index (χ0n) is 11.9. The van der Waals surface area contributed by atoms with Gasteiger partial charge in [-0.15, -0.1) is 0 Å². The molecule has 98 valence electrons. The van der Waals surface area contributed by atoms with Gasteiger partial charge in [-0.2, -0.15) is 0 Å². The molecule has 1 aliphatic carbocycles. The Morgan fingerprint density at radius 1 is 0.737 bits per heavy atom. The van der Waals surface area contributed by atoms with Gasteiger partial charge in [0.2, 0.25) is 0 Å². The first kappa shape index (κ1) is 12.9. The first-order valence-corrected chi connectivity index (χ1v) is 7.55. The minimum atomic E-state index is 0.112. The molecule has 0 heterocycles. The van der Waals surface area contributed by atoms with Crippen molar-refractivity contribution in [3.8, 4) is 11.1 Å². The summed E-state index contributed by atoms with van der Waals surface area (Å²) in [5.41, 5.74) is 5.85. The molecule has 19 heavy (non-hydrogen) atoms. The second-order valence-electron chi connectivity index (χ2n) is 6.46. The van der Waals surface area contributed by atoms with Crippen LogP contribution >= 0.6 is 15.9 Å². The van der Waals surface area contributed by atoms with Crippen LogP contribution in [0.3, 0.4) is 0 Å². The Balaban J connectivity index is 2.47. The molecule has 2 aromatic carbocycles. The lowest BCUT2D eigenvalue weighted by Gasteiger charge is -2.48. The van der Waals surface area contributed by atoms with Crippen LogP contribution in [-0.4, -0.2) is 0 Å². The minimum Gasteiger partial charge on any atom is -0.0619 e. The predicted octanol–water partition coefficient (Wildman–Crippen LogP) is 5.68. The first-order chi connectivity index (χ1) is 8.87. The Bertz CT molecular complexity index is 650. The van der Waals surface area contributed by atoms with Gasteiger partial charge in [-0.1, -0.05) is 80.0 Å². The van der Waals surface area contributed by atoms with Crippen LogP contribution < -0.4 is 0 Å². The molecule has 0 N–H and O–H groups in total. The van der Waals surface area contributed by atoms with Crippen molar-refractivity contribution in [3.63, 3.8) is 0 Å². The van der Waals surface area contributed by atoms with Crippen LogP contribution in [0.25, 0.3) is 11.1 Å². The van der Waals surface area contributed by atoms with E-state index in [-0.39, 0.29) is 10.8 Å². The fourth-order valence-corrected chi connectivity index (χ4v) is 3.82. The second kappa shape index (κ2) is 3.96. The summed E-state index contributed by atoms with van der Waals surface area (Å²) in [5.74, 6) is 0. The fraction of sp³-hybridized carbons (Fsp3) is 0.333. The monoisotopic (exact) mass is 314 g/mol. The maximum atomic E-state index is 3.74. The predicted molar refractivity (Wildman–Crippen MR) is 85.6 cm³/mol. The summed E-state index contributed by atoms with van der Waals surface area (Å²) in [4.78, 5) is 0. The van der Waals surface area contributed by atoms with Crippen molar-refractivity contribution in [1.29, 1.82) is 0 Å². The highest BCUT2D eigenvalue weighted by atomic mass is 79.9. The number of hydrogen-bond donors (Lipinski definition) is 0. The molecule has 0 saturated carbocycles. The summed E-state index contributed by atoms with van der Waals surface area (Å²) >= 11 is 3.74. The van der Waals surface area contributed by atoms with E-state index in [1.807, 2.05) is 0 Å². The van der Waals surface area contributed by atoms with E-state index in [2.05, 4.69) is 86.1 Å². The van der Waals surface area contributed by atoms with Crippen LogP contribution in [-0.2, 0) is 10.8 Å². The van der Waals surface area contributed by atoms with Crippen molar-refractivity contribution in [2.45, 2.75) is 38.5 Å². The summed E-state index contributed by atoms with van der Waals surface area (Å²) in [6, 6.07) is 15.4. The Kier molecular flexibility index (Phi) is 2.69. The van der Waals surface area contributed by atoms with Crippen molar-refractivity contribution in [2.24, 2.45) is 0 Å². The molecule has 0 spiro atoms. The van der Waals surface area contributed by atoms with Crippen LogP contribution in [0.5, 0.6) is 0 Å². The normalized spacial score (nSPS) is 18.6. The molecule has 0 unspecified atom stereocenters. The SMILES string of the molecule is CC1(C)c2ccccc2-c2c(Br)cccc2C1(C)C. The summed E-state index contributed by atoms with van der Waals surface area (Å²) in [5, 5.41) is 0. The van der Waals surface area contributed by atoms with E-state index in [9.17, 15) is 0 Å². The lowest BCUT2D eigenvalue weighted by molar-refractivity contribution is 0.299. The molecule has 3 rings (SSSR count). The van der Waals surface area contributed by atoms with Crippen LogP contribution in [0.2, 0.25) is 0 Å². The summed E-state index contributed by atoms with van der Waals surface area (Å²) in [7, 11) is 0. The number of hydrogen-bond acceptors (Lipinski definition) is 0. The van der Waals surface area contributed by atoms with Gasteiger partial charge in [0.15, 0.2) is 0 Å². The van der Waals surface area contributed by atoms with E-state index in [1.165, 1.54) is 26.7 Å². The third kappa shape index (κ3) is 1.57. The molecule has 0 bridgehead atoms. The van der Waals surface area contributed by atoms with Crippen LogP contribution in [0.4, 0.5) is 0 Å². The molecular weight excluding hydrogens is 296 g/mol. The van der Waals surface area contributed by atoms with Gasteiger partial charge in [0, 0.05) is 4.47 Å². The molecule has 0 fully saturated rings. The summed E-state index contributed by atoms with van der Waals surface area (Å²) < 4.78 is 1.20. The van der Waals surface area contributed by atoms with Gasteiger partial charge in [0.25, 0.3) is 0 Å². The van der Waals surface area contributed by atoms with Crippen molar-refractivity contribution in [1.82, 2.24) is 0 Å². The smallest absolute Gasteiger partial charge is 0.0256 e. The highest BCUT2D eigenvalue weighted by molar-refractivity contribution is 9.10. The van der Waals surface area contributed by atoms with Gasteiger partial charge in [-0.05, 0) is 39.2 Å². The Morgan fingerprint density at radius 3 is 2.05 bits per heavy atom. The maximum Gasteiger partial charge on any atom is 0.0256 e. The molecule has 2 aromatic rings. The molecule has 1 aliphatic rings. The molecule has 0 atom stereocenters. The third-order valence-corrected chi connectivity index (χ3v) is 5.78. The average Bonchev–Trinajstić information content (AvgIpc) is 2.37. The van der Waals surface area contributed by atoms with Crippen molar-refractivity contribution < 1.29 is 0 Å². The molecule has 0 nitrogen and oxygen atoms in total. The lowest BCUT2D eigenvalue weighted by atomic mass is 9.55. The molecule has 0 aromatic heterocycles. The summed E-state index contributed by atoms with van der Waals surface area (Å²) in [6.07, 6.45) is 0. The summed E-state index contributed by atoms with van der Waals surface area (Å²) in [6.45, 7) is 9.42. The fourth-order valence-electron chi connectivity index (χ4n) is 3.24. The van der Waals surface area contributed by atoms with E-state index in [0.717, 1.165) is 0 Å². The van der Waals surface area contributed by atoms with E-state index in [0.29, 0.717) is 0 Å². The zero-order valence-corrected chi connectivity index (χ0v) is 13.5. The minimum absolute atomic E-state index is 0.112. The van der Waals surface area contributed by atoms with Crippen molar-refractivity contribution in [3.05, 3.63) is 58.1 Å². The highest BCUT2D eigenvalue weighted by Gasteiger charge is 2.45. The van der Waals surface area contributed by atoms with E-state index in [4.69, 9.17) is 0 Å². The highest BCUT2D eigenvalue weighted by Crippen LogP contribution is 2.55. The first-order valence-electron chi connectivity index (χ1n) is 6.76.